The van der Waals surface area contributed by atoms with Crippen LogP contribution in [-0.4, -0.2) is 44.2 Å². The summed E-state index contributed by atoms with van der Waals surface area (Å²) in [6.45, 7) is 2.83. The summed E-state index contributed by atoms with van der Waals surface area (Å²) in [5.41, 5.74) is 0.598. The molecule has 1 aromatic rings. The van der Waals surface area contributed by atoms with Gasteiger partial charge in [-0.25, -0.2) is 0 Å². The molecule has 0 radical (unpaired) electrons. The van der Waals surface area contributed by atoms with Gasteiger partial charge in [0.25, 0.3) is 5.91 Å². The largest absolute Gasteiger partial charge is 0.383 e. The van der Waals surface area contributed by atoms with Crippen LogP contribution >= 0.6 is 35.0 Å². The lowest BCUT2D eigenvalue weighted by Gasteiger charge is -2.05. The molecule has 0 aromatic carbocycles. The van der Waals surface area contributed by atoms with E-state index >= 15 is 0 Å². The van der Waals surface area contributed by atoms with E-state index in [0.717, 1.165) is 16.7 Å². The second-order valence-electron chi connectivity index (χ2n) is 3.23. The van der Waals surface area contributed by atoms with Gasteiger partial charge in [0.05, 0.1) is 6.61 Å². The van der Waals surface area contributed by atoms with Crippen LogP contribution in [0, 0.1) is 3.57 Å². The van der Waals surface area contributed by atoms with Crippen LogP contribution < -0.4 is 10.6 Å². The van der Waals surface area contributed by atoms with Crippen LogP contribution in [0.4, 0.5) is 0 Å². The molecule has 1 heterocycles. The van der Waals surface area contributed by atoms with Crippen molar-refractivity contribution in [2.45, 2.75) is 0 Å². The summed E-state index contributed by atoms with van der Waals surface area (Å²) in [6.07, 6.45) is 1.80. The first-order valence-corrected chi connectivity index (χ1v) is 6.13. The minimum Gasteiger partial charge on any atom is -0.383 e. The first-order valence-electron chi connectivity index (χ1n) is 5.06. The third kappa shape index (κ3) is 6.87. The molecule has 0 saturated carbocycles. The molecule has 98 valence electrons. The molecule has 0 saturated heterocycles. The van der Waals surface area contributed by atoms with Gasteiger partial charge >= 0.3 is 0 Å². The van der Waals surface area contributed by atoms with Gasteiger partial charge in [0.1, 0.15) is 5.69 Å². The van der Waals surface area contributed by atoms with Gasteiger partial charge in [-0.1, -0.05) is 0 Å². The van der Waals surface area contributed by atoms with Crippen molar-refractivity contribution in [3.63, 3.8) is 0 Å². The highest BCUT2D eigenvalue weighted by Gasteiger charge is 2.05. The van der Waals surface area contributed by atoms with Crippen molar-refractivity contribution in [2.24, 2.45) is 0 Å². The lowest BCUT2D eigenvalue weighted by atomic mass is 10.4. The van der Waals surface area contributed by atoms with E-state index < -0.39 is 0 Å². The predicted octanol–water partition coefficient (Wildman–Crippen LogP) is 1.01. The summed E-state index contributed by atoms with van der Waals surface area (Å²) in [4.78, 5) is 14.5. The number of nitrogens with one attached hydrogen (secondary N) is 3. The average molecular weight is 374 g/mol. The standard InChI is InChI=1S/C10H16IN3O2.ClH/c1-16-5-4-12-2-3-13-10(15)9-6-8(11)7-14-9;/h6-7,12,14H,2-5H2,1H3,(H,13,15);1H. The topological polar surface area (TPSA) is 66.2 Å². The number of aromatic amines is 1. The lowest BCUT2D eigenvalue weighted by molar-refractivity contribution is 0.0949. The van der Waals surface area contributed by atoms with Gasteiger partial charge in [0, 0.05) is 36.5 Å². The van der Waals surface area contributed by atoms with Crippen molar-refractivity contribution < 1.29 is 9.53 Å². The molecule has 0 fully saturated rings. The molecule has 0 spiro atoms. The van der Waals surface area contributed by atoms with Gasteiger partial charge < -0.3 is 20.4 Å². The van der Waals surface area contributed by atoms with E-state index in [1.165, 1.54) is 0 Å². The third-order valence-electron chi connectivity index (χ3n) is 1.96. The van der Waals surface area contributed by atoms with Crippen LogP contribution in [0.15, 0.2) is 12.3 Å². The maximum atomic E-state index is 11.5. The summed E-state index contributed by atoms with van der Waals surface area (Å²) in [5, 5.41) is 5.96. The fourth-order valence-electron chi connectivity index (χ4n) is 1.16. The Morgan fingerprint density at radius 2 is 2.24 bits per heavy atom. The summed E-state index contributed by atoms with van der Waals surface area (Å²) < 4.78 is 5.91. The highest BCUT2D eigenvalue weighted by Crippen LogP contribution is 2.05. The lowest BCUT2D eigenvalue weighted by Crippen LogP contribution is -2.33. The first kappa shape index (κ1) is 16.7. The molecule has 7 heteroatoms. The molecule has 5 nitrogen and oxygen atoms in total. The summed E-state index contributed by atoms with van der Waals surface area (Å²) in [5.74, 6) is -0.0727. The zero-order valence-corrected chi connectivity index (χ0v) is 12.6. The van der Waals surface area contributed by atoms with Gasteiger partial charge in [-0.15, -0.1) is 12.4 Å². The molecule has 0 bridgehead atoms. The zero-order valence-electron chi connectivity index (χ0n) is 9.59. The molecule has 0 unspecified atom stereocenters. The molecule has 3 N–H and O–H groups in total. The number of hydrogen-bond acceptors (Lipinski definition) is 3. The number of hydrogen-bond donors (Lipinski definition) is 3. The molecule has 0 aliphatic carbocycles. The van der Waals surface area contributed by atoms with Crippen molar-refractivity contribution in [3.05, 3.63) is 21.5 Å². The fourth-order valence-corrected chi connectivity index (χ4v) is 1.62. The summed E-state index contributed by atoms with van der Waals surface area (Å²) in [7, 11) is 1.66. The Labute approximate surface area is 121 Å². The van der Waals surface area contributed by atoms with Crippen molar-refractivity contribution >= 4 is 40.9 Å². The van der Waals surface area contributed by atoms with Crippen LogP contribution in [0.1, 0.15) is 10.5 Å². The van der Waals surface area contributed by atoms with Crippen molar-refractivity contribution in [1.29, 1.82) is 0 Å². The second kappa shape index (κ2) is 9.69. The number of rotatable bonds is 7. The molecule has 17 heavy (non-hydrogen) atoms. The van der Waals surface area contributed by atoms with Gasteiger partial charge in [-0.3, -0.25) is 4.79 Å². The fraction of sp³-hybridized carbons (Fsp3) is 0.500. The maximum Gasteiger partial charge on any atom is 0.267 e. The van der Waals surface area contributed by atoms with Crippen molar-refractivity contribution in [1.82, 2.24) is 15.6 Å². The van der Waals surface area contributed by atoms with Crippen LogP contribution in [0.25, 0.3) is 0 Å². The Balaban J connectivity index is 0.00000256. The van der Waals surface area contributed by atoms with E-state index in [-0.39, 0.29) is 18.3 Å². The van der Waals surface area contributed by atoms with Crippen LogP contribution in [-0.2, 0) is 4.74 Å². The van der Waals surface area contributed by atoms with E-state index in [0.29, 0.717) is 18.8 Å². The molecule has 1 aromatic heterocycles. The average Bonchev–Trinajstić information content (AvgIpc) is 2.70. The Kier molecular flexibility index (Phi) is 9.52. The van der Waals surface area contributed by atoms with Crippen LogP contribution in [0.5, 0.6) is 0 Å². The van der Waals surface area contributed by atoms with Crippen LogP contribution in [0.2, 0.25) is 0 Å². The number of amides is 1. The SMILES string of the molecule is COCCNCCNC(=O)c1cc(I)c[nH]1.Cl. The maximum absolute atomic E-state index is 11.5. The van der Waals surface area contributed by atoms with E-state index in [1.807, 2.05) is 6.07 Å². The van der Waals surface area contributed by atoms with Gasteiger partial charge in [0.15, 0.2) is 0 Å². The number of methoxy groups -OCH3 is 1. The molecular weight excluding hydrogens is 356 g/mol. The first-order chi connectivity index (χ1) is 7.74. The van der Waals surface area contributed by atoms with Gasteiger partial charge in [-0.05, 0) is 28.7 Å². The summed E-state index contributed by atoms with van der Waals surface area (Å²) >= 11 is 2.16. The number of aromatic nitrogens is 1. The molecule has 0 aliphatic rings. The minimum atomic E-state index is -0.0727. The van der Waals surface area contributed by atoms with E-state index in [4.69, 9.17) is 4.74 Å². The normalized spacial score (nSPS) is 9.76. The Bertz CT molecular complexity index is 333. The monoisotopic (exact) mass is 373 g/mol. The number of carbonyl (C=O) groups excluding carboxylic acids is 1. The Morgan fingerprint density at radius 3 is 2.82 bits per heavy atom. The number of ether oxygens (including phenoxy) is 1. The molecule has 1 amide bonds. The van der Waals surface area contributed by atoms with E-state index in [2.05, 4.69) is 38.2 Å². The number of carbonyl (C=O) groups is 1. The van der Waals surface area contributed by atoms with Crippen molar-refractivity contribution in [2.75, 3.05) is 33.4 Å². The zero-order chi connectivity index (χ0) is 11.8. The predicted molar refractivity (Wildman–Crippen MR) is 77.8 cm³/mol. The second-order valence-corrected chi connectivity index (χ2v) is 4.48. The van der Waals surface area contributed by atoms with Crippen molar-refractivity contribution in [3.8, 4) is 0 Å². The van der Waals surface area contributed by atoms with Crippen LogP contribution in [0.3, 0.4) is 0 Å². The Morgan fingerprint density at radius 1 is 1.47 bits per heavy atom. The molecule has 1 rings (SSSR count). The third-order valence-corrected chi connectivity index (χ3v) is 2.59. The molecule has 0 aliphatic heterocycles. The minimum absolute atomic E-state index is 0. The number of halogens is 2. The van der Waals surface area contributed by atoms with E-state index in [9.17, 15) is 4.79 Å². The summed E-state index contributed by atoms with van der Waals surface area (Å²) in [6, 6.07) is 1.81. The quantitative estimate of drug-likeness (QED) is 0.494. The number of H-pyrrole nitrogens is 1. The van der Waals surface area contributed by atoms with Gasteiger partial charge in [0.2, 0.25) is 0 Å². The Hall–Kier alpha value is -0.310. The highest BCUT2D eigenvalue weighted by atomic mass is 127. The van der Waals surface area contributed by atoms with Gasteiger partial charge in [-0.2, -0.15) is 0 Å². The molecular formula is C10H17ClIN3O2. The molecule has 0 atom stereocenters. The highest BCUT2D eigenvalue weighted by molar-refractivity contribution is 14.1. The van der Waals surface area contributed by atoms with E-state index in [1.54, 1.807) is 13.3 Å². The smallest absolute Gasteiger partial charge is 0.267 e.